The fourth-order valence-electron chi connectivity index (χ4n) is 1.19. The molecule has 0 atom stereocenters. The third-order valence-electron chi connectivity index (χ3n) is 3.41. The van der Waals surface area contributed by atoms with Crippen LogP contribution < -0.4 is 4.43 Å². The molecule has 0 saturated carbocycles. The fourth-order valence-corrected chi connectivity index (χ4v) is 2.52. The summed E-state index contributed by atoms with van der Waals surface area (Å²) in [4.78, 5) is 10.8. The summed E-state index contributed by atoms with van der Waals surface area (Å²) in [6.07, 6.45) is 0. The highest BCUT2D eigenvalue weighted by molar-refractivity contribution is 6.74. The van der Waals surface area contributed by atoms with E-state index in [1.165, 1.54) is 6.07 Å². The molecule has 0 unspecified atom stereocenters. The quantitative estimate of drug-likeness (QED) is 0.833. The standard InChI is InChI=1S/C13H18ClFO3Si/c1-13(2,3)19(4,5)18-11-9(14)6-8(12(16)17)7-10(11)15/h6-7H,1-5H3,(H,16,17). The maximum Gasteiger partial charge on any atom is 0.335 e. The Kier molecular flexibility index (Phi) is 4.32. The Bertz CT molecular complexity index is 486. The van der Waals surface area contributed by atoms with Crippen LogP contribution in [0.1, 0.15) is 31.1 Å². The molecule has 0 radical (unpaired) electrons. The van der Waals surface area contributed by atoms with Gasteiger partial charge in [-0.2, -0.15) is 0 Å². The van der Waals surface area contributed by atoms with Gasteiger partial charge < -0.3 is 9.53 Å². The van der Waals surface area contributed by atoms with E-state index >= 15 is 0 Å². The molecule has 106 valence electrons. The summed E-state index contributed by atoms with van der Waals surface area (Å²) >= 11 is 5.93. The number of carbonyl (C=O) groups is 1. The van der Waals surface area contributed by atoms with E-state index in [2.05, 4.69) is 0 Å². The molecule has 0 fully saturated rings. The van der Waals surface area contributed by atoms with Crippen LogP contribution in [-0.4, -0.2) is 19.4 Å². The van der Waals surface area contributed by atoms with Gasteiger partial charge in [0.25, 0.3) is 8.32 Å². The first-order chi connectivity index (χ1) is 8.45. The van der Waals surface area contributed by atoms with Crippen LogP contribution in [0.15, 0.2) is 12.1 Å². The molecule has 0 aliphatic carbocycles. The summed E-state index contributed by atoms with van der Waals surface area (Å²) in [5.74, 6) is -2.02. The summed E-state index contributed by atoms with van der Waals surface area (Å²) in [5, 5.41) is 8.71. The van der Waals surface area contributed by atoms with Gasteiger partial charge >= 0.3 is 5.97 Å². The van der Waals surface area contributed by atoms with Gasteiger partial charge in [-0.05, 0) is 30.3 Å². The lowest BCUT2D eigenvalue weighted by atomic mass is 10.2. The SMILES string of the molecule is CC(C)(C)[Si](C)(C)Oc1c(F)cc(C(=O)O)cc1Cl. The van der Waals surface area contributed by atoms with Gasteiger partial charge in [-0.25, -0.2) is 9.18 Å². The van der Waals surface area contributed by atoms with Crippen molar-refractivity contribution >= 4 is 25.9 Å². The Morgan fingerprint density at radius 3 is 2.26 bits per heavy atom. The molecule has 6 heteroatoms. The van der Waals surface area contributed by atoms with E-state index in [-0.39, 0.29) is 21.4 Å². The number of carboxylic acid groups (broad SMARTS) is 1. The molecule has 1 aromatic carbocycles. The van der Waals surface area contributed by atoms with Gasteiger partial charge in [-0.3, -0.25) is 0 Å². The van der Waals surface area contributed by atoms with Crippen molar-refractivity contribution in [1.29, 1.82) is 0 Å². The van der Waals surface area contributed by atoms with Crippen molar-refractivity contribution in [3.05, 3.63) is 28.5 Å². The molecule has 0 aliphatic heterocycles. The predicted molar refractivity (Wildman–Crippen MR) is 76.2 cm³/mol. The van der Waals surface area contributed by atoms with Gasteiger partial charge in [0.05, 0.1) is 10.6 Å². The van der Waals surface area contributed by atoms with Crippen molar-refractivity contribution in [2.45, 2.75) is 38.9 Å². The van der Waals surface area contributed by atoms with Crippen LogP contribution in [0.4, 0.5) is 4.39 Å². The molecule has 1 rings (SSSR count). The van der Waals surface area contributed by atoms with Crippen LogP contribution >= 0.6 is 11.6 Å². The van der Waals surface area contributed by atoms with Gasteiger partial charge in [0.2, 0.25) is 0 Å². The lowest BCUT2D eigenvalue weighted by molar-refractivity contribution is 0.0696. The summed E-state index contributed by atoms with van der Waals surface area (Å²) in [7, 11) is -2.22. The highest BCUT2D eigenvalue weighted by Crippen LogP contribution is 2.40. The molecule has 0 saturated heterocycles. The minimum absolute atomic E-state index is 0.0118. The minimum atomic E-state index is -2.22. The Labute approximate surface area is 118 Å². The van der Waals surface area contributed by atoms with E-state index in [1.54, 1.807) is 0 Å². The highest BCUT2D eigenvalue weighted by atomic mass is 35.5. The average molecular weight is 305 g/mol. The number of hydrogen-bond acceptors (Lipinski definition) is 2. The zero-order valence-corrected chi connectivity index (χ0v) is 13.4. The smallest absolute Gasteiger partial charge is 0.335 e. The Morgan fingerprint density at radius 2 is 1.89 bits per heavy atom. The Morgan fingerprint density at radius 1 is 1.37 bits per heavy atom. The Balaban J connectivity index is 3.20. The number of aromatic carboxylic acids is 1. The summed E-state index contributed by atoms with van der Waals surface area (Å²) in [6.45, 7) is 10.0. The predicted octanol–water partition coefficient (Wildman–Crippen LogP) is 4.56. The van der Waals surface area contributed by atoms with Crippen molar-refractivity contribution in [2.75, 3.05) is 0 Å². The van der Waals surface area contributed by atoms with Crippen LogP contribution in [-0.2, 0) is 0 Å². The van der Waals surface area contributed by atoms with Gasteiger partial charge in [0.1, 0.15) is 0 Å². The van der Waals surface area contributed by atoms with Gasteiger partial charge in [-0.1, -0.05) is 32.4 Å². The Hall–Kier alpha value is -1.07. The third-order valence-corrected chi connectivity index (χ3v) is 8.02. The molecule has 0 aliphatic rings. The average Bonchev–Trinajstić information content (AvgIpc) is 2.21. The molecule has 19 heavy (non-hydrogen) atoms. The molecule has 0 heterocycles. The molecule has 0 aromatic heterocycles. The molecule has 0 bridgehead atoms. The van der Waals surface area contributed by atoms with Crippen LogP contribution in [0.5, 0.6) is 5.75 Å². The van der Waals surface area contributed by atoms with E-state index in [1.807, 2.05) is 33.9 Å². The van der Waals surface area contributed by atoms with Crippen molar-refractivity contribution in [1.82, 2.24) is 0 Å². The van der Waals surface area contributed by atoms with Crippen LogP contribution in [0, 0.1) is 5.82 Å². The second-order valence-corrected chi connectivity index (χ2v) is 11.1. The number of benzene rings is 1. The first-order valence-corrected chi connectivity index (χ1v) is 9.15. The number of carboxylic acids is 1. The van der Waals surface area contributed by atoms with Crippen molar-refractivity contribution in [2.24, 2.45) is 0 Å². The van der Waals surface area contributed by atoms with E-state index in [4.69, 9.17) is 21.1 Å². The van der Waals surface area contributed by atoms with Gasteiger partial charge in [0.15, 0.2) is 11.6 Å². The zero-order valence-electron chi connectivity index (χ0n) is 11.7. The highest BCUT2D eigenvalue weighted by Gasteiger charge is 2.40. The summed E-state index contributed by atoms with van der Waals surface area (Å²) in [6, 6.07) is 2.13. The molecule has 1 N–H and O–H groups in total. The minimum Gasteiger partial charge on any atom is -0.541 e. The van der Waals surface area contributed by atoms with Crippen LogP contribution in [0.3, 0.4) is 0 Å². The molecule has 0 amide bonds. The molecule has 1 aromatic rings. The number of halogens is 2. The summed E-state index contributed by atoms with van der Waals surface area (Å²) in [5.41, 5.74) is -0.190. The maximum atomic E-state index is 13.9. The molecule has 3 nitrogen and oxygen atoms in total. The second-order valence-electron chi connectivity index (χ2n) is 5.94. The lowest BCUT2D eigenvalue weighted by Gasteiger charge is -2.36. The largest absolute Gasteiger partial charge is 0.541 e. The monoisotopic (exact) mass is 304 g/mol. The molecular weight excluding hydrogens is 287 g/mol. The zero-order chi connectivity index (χ0) is 15.0. The van der Waals surface area contributed by atoms with E-state index in [0.29, 0.717) is 0 Å². The normalized spacial score (nSPS) is 12.4. The fraction of sp³-hybridized carbons (Fsp3) is 0.462. The van der Waals surface area contributed by atoms with Crippen molar-refractivity contribution in [3.63, 3.8) is 0 Å². The molecular formula is C13H18ClFO3Si. The number of rotatable bonds is 3. The van der Waals surface area contributed by atoms with E-state index in [0.717, 1.165) is 6.07 Å². The second kappa shape index (κ2) is 5.13. The maximum absolute atomic E-state index is 13.9. The van der Waals surface area contributed by atoms with Gasteiger partial charge in [0, 0.05) is 0 Å². The van der Waals surface area contributed by atoms with Crippen LogP contribution in [0.25, 0.3) is 0 Å². The topological polar surface area (TPSA) is 46.5 Å². The number of hydrogen-bond donors (Lipinski definition) is 1. The van der Waals surface area contributed by atoms with Crippen LogP contribution in [0.2, 0.25) is 23.2 Å². The first-order valence-electron chi connectivity index (χ1n) is 5.87. The third kappa shape index (κ3) is 3.48. The lowest BCUT2D eigenvalue weighted by Crippen LogP contribution is -2.44. The van der Waals surface area contributed by atoms with Crippen molar-refractivity contribution in [3.8, 4) is 5.75 Å². The van der Waals surface area contributed by atoms with E-state index in [9.17, 15) is 9.18 Å². The van der Waals surface area contributed by atoms with E-state index < -0.39 is 20.1 Å². The molecule has 0 spiro atoms. The first kappa shape index (κ1) is 16.0. The van der Waals surface area contributed by atoms with Gasteiger partial charge in [-0.15, -0.1) is 0 Å². The summed E-state index contributed by atoms with van der Waals surface area (Å²) < 4.78 is 19.7. The van der Waals surface area contributed by atoms with Crippen molar-refractivity contribution < 1.29 is 18.7 Å².